The zero-order valence-electron chi connectivity index (χ0n) is 13.2. The maximum absolute atomic E-state index is 13.5. The van der Waals surface area contributed by atoms with Crippen LogP contribution in [0.25, 0.3) is 0 Å². The van der Waals surface area contributed by atoms with Crippen LogP contribution in [0.1, 0.15) is 13.8 Å². The van der Waals surface area contributed by atoms with E-state index >= 15 is 0 Å². The Balaban J connectivity index is 1.75. The Morgan fingerprint density at radius 1 is 1.45 bits per heavy atom. The highest BCUT2D eigenvalue weighted by atomic mass is 32.1. The molecule has 122 valence electrons. The third-order valence-corrected chi connectivity index (χ3v) is 3.88. The summed E-state index contributed by atoms with van der Waals surface area (Å²) >= 11 is 5.21. The number of para-hydroxylation sites is 1. The number of hydrogen-bond acceptors (Lipinski definition) is 2. The number of rotatable bonds is 5. The predicted octanol–water partition coefficient (Wildman–Crippen LogP) is 1.05. The normalized spacial score (nSPS) is 21.6. The lowest BCUT2D eigenvalue weighted by atomic mass is 10.2. The first-order chi connectivity index (χ1) is 10.5. The molecule has 0 aliphatic carbocycles. The van der Waals surface area contributed by atoms with Crippen molar-refractivity contribution in [2.45, 2.75) is 20.0 Å². The number of nitrogens with one attached hydrogen (secondary N) is 3. The Morgan fingerprint density at radius 3 is 2.95 bits per heavy atom. The second kappa shape index (κ2) is 8.41. The van der Waals surface area contributed by atoms with E-state index in [1.165, 1.54) is 6.07 Å². The van der Waals surface area contributed by atoms with E-state index in [1.807, 2.05) is 0 Å². The molecule has 1 unspecified atom stereocenters. The molecule has 0 saturated carbocycles. The largest absolute Gasteiger partial charge is 0.365 e. The number of thiocarbonyl (C=S) groups is 1. The summed E-state index contributed by atoms with van der Waals surface area (Å²) in [6.07, 6.45) is 0.142. The van der Waals surface area contributed by atoms with Crippen molar-refractivity contribution in [2.75, 3.05) is 38.1 Å². The molecule has 0 amide bonds. The van der Waals surface area contributed by atoms with E-state index in [4.69, 9.17) is 17.0 Å². The van der Waals surface area contributed by atoms with E-state index < -0.39 is 0 Å². The molecular formula is C16H25FN3OS+. The van der Waals surface area contributed by atoms with Crippen molar-refractivity contribution in [1.82, 2.24) is 5.32 Å². The van der Waals surface area contributed by atoms with Crippen molar-refractivity contribution in [2.24, 2.45) is 5.92 Å². The minimum absolute atomic E-state index is 0.142. The Morgan fingerprint density at radius 2 is 2.23 bits per heavy atom. The van der Waals surface area contributed by atoms with Crippen molar-refractivity contribution in [3.8, 4) is 0 Å². The van der Waals surface area contributed by atoms with E-state index in [0.29, 0.717) is 23.3 Å². The molecule has 4 nitrogen and oxygen atoms in total. The van der Waals surface area contributed by atoms with Gasteiger partial charge in [0, 0.05) is 12.5 Å². The van der Waals surface area contributed by atoms with E-state index in [2.05, 4.69) is 24.5 Å². The van der Waals surface area contributed by atoms with E-state index in [0.717, 1.165) is 26.2 Å². The Bertz CT molecular complexity index is 498. The lowest BCUT2D eigenvalue weighted by Gasteiger charge is -2.31. The highest BCUT2D eigenvalue weighted by Gasteiger charge is 2.24. The fraction of sp³-hybridized carbons (Fsp3) is 0.562. The zero-order chi connectivity index (χ0) is 15.9. The second-order valence-electron chi connectivity index (χ2n) is 6.11. The zero-order valence-corrected chi connectivity index (χ0v) is 14.0. The quantitative estimate of drug-likeness (QED) is 0.707. The van der Waals surface area contributed by atoms with Crippen LogP contribution in [0.5, 0.6) is 0 Å². The van der Waals surface area contributed by atoms with Crippen LogP contribution in [0.3, 0.4) is 0 Å². The van der Waals surface area contributed by atoms with Gasteiger partial charge in [-0.2, -0.15) is 0 Å². The van der Waals surface area contributed by atoms with Gasteiger partial charge in [0.25, 0.3) is 0 Å². The van der Waals surface area contributed by atoms with Gasteiger partial charge in [-0.25, -0.2) is 4.39 Å². The Labute approximate surface area is 137 Å². The molecule has 0 radical (unpaired) electrons. The van der Waals surface area contributed by atoms with Gasteiger partial charge in [0.2, 0.25) is 0 Å². The summed E-state index contributed by atoms with van der Waals surface area (Å²) in [5.74, 6) is 0.374. The van der Waals surface area contributed by atoms with Crippen LogP contribution in [0, 0.1) is 11.7 Å². The van der Waals surface area contributed by atoms with Gasteiger partial charge in [-0.3, -0.25) is 0 Å². The lowest BCUT2D eigenvalue weighted by molar-refractivity contribution is -0.914. The monoisotopic (exact) mass is 326 g/mol. The van der Waals surface area contributed by atoms with E-state index in [9.17, 15) is 4.39 Å². The number of hydrogen-bond donors (Lipinski definition) is 3. The van der Waals surface area contributed by atoms with Crippen LogP contribution in [0.4, 0.5) is 10.1 Å². The summed E-state index contributed by atoms with van der Waals surface area (Å²) in [5, 5.41) is 6.41. The average Bonchev–Trinajstić information content (AvgIpc) is 2.47. The molecule has 3 N–H and O–H groups in total. The minimum Gasteiger partial charge on any atom is -0.365 e. The highest BCUT2D eigenvalue weighted by Crippen LogP contribution is 2.11. The molecule has 1 aromatic rings. The van der Waals surface area contributed by atoms with Gasteiger partial charge in [0.05, 0.1) is 18.8 Å². The average molecular weight is 326 g/mol. The molecule has 6 heteroatoms. The van der Waals surface area contributed by atoms with Crippen LogP contribution in [0.15, 0.2) is 24.3 Å². The fourth-order valence-electron chi connectivity index (χ4n) is 2.68. The van der Waals surface area contributed by atoms with Gasteiger partial charge < -0.3 is 20.3 Å². The molecule has 1 aliphatic rings. The third kappa shape index (κ3) is 5.51. The first-order valence-electron chi connectivity index (χ1n) is 7.79. The first-order valence-corrected chi connectivity index (χ1v) is 8.20. The van der Waals surface area contributed by atoms with Crippen LogP contribution < -0.4 is 15.5 Å². The number of quaternary nitrogens is 1. The minimum atomic E-state index is -0.312. The summed E-state index contributed by atoms with van der Waals surface area (Å²) in [6.45, 7) is 9.11. The fourth-order valence-corrected chi connectivity index (χ4v) is 2.88. The summed E-state index contributed by atoms with van der Waals surface area (Å²) in [7, 11) is 0. The maximum atomic E-state index is 13.5. The van der Waals surface area contributed by atoms with Crippen LogP contribution >= 0.6 is 12.2 Å². The van der Waals surface area contributed by atoms with Gasteiger partial charge in [-0.15, -0.1) is 0 Å². The molecule has 22 heavy (non-hydrogen) atoms. The number of ether oxygens (including phenoxy) is 1. The van der Waals surface area contributed by atoms with Crippen LogP contribution in [0.2, 0.25) is 0 Å². The van der Waals surface area contributed by atoms with Crippen molar-refractivity contribution in [1.29, 1.82) is 0 Å². The Hall–Kier alpha value is -1.24. The van der Waals surface area contributed by atoms with Crippen molar-refractivity contribution in [3.63, 3.8) is 0 Å². The second-order valence-corrected chi connectivity index (χ2v) is 6.52. The number of morpholine rings is 1. The summed E-state index contributed by atoms with van der Waals surface area (Å²) in [4.78, 5) is 1.57. The molecule has 0 bridgehead atoms. The van der Waals surface area contributed by atoms with Crippen LogP contribution in [-0.4, -0.2) is 44.0 Å². The maximum Gasteiger partial charge on any atom is 0.170 e. The topological polar surface area (TPSA) is 37.7 Å². The van der Waals surface area contributed by atoms with E-state index in [-0.39, 0.29) is 11.9 Å². The molecule has 0 spiro atoms. The van der Waals surface area contributed by atoms with Gasteiger partial charge >= 0.3 is 0 Å². The van der Waals surface area contributed by atoms with Crippen molar-refractivity contribution in [3.05, 3.63) is 30.1 Å². The standard InChI is InChI=1S/C16H24FN3OS/c1-12(2)10-20-7-8-21-13(11-20)9-18-16(22)19-15-6-4-3-5-14(15)17/h3-6,12-13H,7-11H2,1-2H3,(H2,18,19,22)/p+1/t13-/m0/s1. The molecule has 1 saturated heterocycles. The summed E-state index contributed by atoms with van der Waals surface area (Å²) in [5.41, 5.74) is 0.386. The smallest absolute Gasteiger partial charge is 0.170 e. The van der Waals surface area contributed by atoms with Crippen molar-refractivity contribution >= 4 is 23.0 Å². The van der Waals surface area contributed by atoms with Gasteiger partial charge in [-0.05, 0) is 24.4 Å². The summed E-state index contributed by atoms with van der Waals surface area (Å²) < 4.78 is 19.3. The predicted molar refractivity (Wildman–Crippen MR) is 90.8 cm³/mol. The molecule has 2 rings (SSSR count). The molecule has 1 fully saturated rings. The van der Waals surface area contributed by atoms with Gasteiger partial charge in [-0.1, -0.05) is 26.0 Å². The van der Waals surface area contributed by atoms with Crippen LogP contribution in [-0.2, 0) is 4.74 Å². The highest BCUT2D eigenvalue weighted by molar-refractivity contribution is 7.80. The SMILES string of the molecule is CC(C)C[NH+]1CCO[C@@H](CNC(=S)Nc2ccccc2F)C1. The first kappa shape index (κ1) is 17.1. The van der Waals surface area contributed by atoms with Gasteiger partial charge in [0.1, 0.15) is 25.0 Å². The molecule has 2 atom stereocenters. The molecule has 1 heterocycles. The van der Waals surface area contributed by atoms with Gasteiger partial charge in [0.15, 0.2) is 5.11 Å². The third-order valence-electron chi connectivity index (χ3n) is 3.63. The number of anilines is 1. The molecular weight excluding hydrogens is 301 g/mol. The lowest BCUT2D eigenvalue weighted by Crippen LogP contribution is -3.15. The molecule has 1 aliphatic heterocycles. The summed E-state index contributed by atoms with van der Waals surface area (Å²) in [6, 6.07) is 6.49. The number of benzene rings is 1. The number of halogens is 1. The van der Waals surface area contributed by atoms with E-state index in [1.54, 1.807) is 23.1 Å². The Kier molecular flexibility index (Phi) is 6.54. The molecule has 0 aromatic heterocycles. The molecule has 1 aromatic carbocycles. The van der Waals surface area contributed by atoms with Crippen molar-refractivity contribution < 1.29 is 14.0 Å².